The number of benzene rings is 3. The lowest BCUT2D eigenvalue weighted by molar-refractivity contribution is -0.136. The molecule has 3 aromatic carbocycles. The van der Waals surface area contributed by atoms with Gasteiger partial charge in [-0.2, -0.15) is 0 Å². The molecule has 13 heteroatoms. The van der Waals surface area contributed by atoms with Gasteiger partial charge in [-0.15, -0.1) is 11.8 Å². The number of thioether (sulfide) groups is 1. The molecule has 270 valence electrons. The summed E-state index contributed by atoms with van der Waals surface area (Å²) in [5.41, 5.74) is 4.05. The third kappa shape index (κ3) is 6.22. The average molecular weight is 732 g/mol. The second-order valence-electron chi connectivity index (χ2n) is 14.2. The third-order valence-corrected chi connectivity index (χ3v) is 12.3. The van der Waals surface area contributed by atoms with E-state index in [1.54, 1.807) is 24.4 Å². The van der Waals surface area contributed by atoms with Crippen molar-refractivity contribution in [3.05, 3.63) is 113 Å². The summed E-state index contributed by atoms with van der Waals surface area (Å²) in [5.74, 6) is -0.547. The lowest BCUT2D eigenvalue weighted by atomic mass is 9.78. The maximum Gasteiger partial charge on any atom is 0.262 e. The van der Waals surface area contributed by atoms with Crippen molar-refractivity contribution in [3.8, 4) is 11.5 Å². The van der Waals surface area contributed by atoms with Gasteiger partial charge < -0.3 is 14.4 Å². The van der Waals surface area contributed by atoms with Crippen LogP contribution in [0.15, 0.2) is 79.0 Å². The van der Waals surface area contributed by atoms with Crippen LogP contribution in [0.4, 0.5) is 5.69 Å². The number of fused-ring (bicyclic) bond motifs is 1. The summed E-state index contributed by atoms with van der Waals surface area (Å²) in [4.78, 5) is 73.5. The van der Waals surface area contributed by atoms with Crippen LogP contribution in [-0.2, 0) is 21.6 Å². The second kappa shape index (κ2) is 13.1. The average Bonchev–Trinajstić information content (AvgIpc) is 3.86. The van der Waals surface area contributed by atoms with Gasteiger partial charge in [-0.3, -0.25) is 34.2 Å². The quantitative estimate of drug-likeness (QED) is 0.125. The molecular weight excluding hydrogens is 695 g/mol. The Morgan fingerprint density at radius 3 is 2.25 bits per heavy atom. The first-order valence-corrected chi connectivity index (χ1v) is 18.4. The summed E-state index contributed by atoms with van der Waals surface area (Å²) in [5, 5.41) is 2.48. The molecule has 1 spiro atoms. The van der Waals surface area contributed by atoms with Crippen LogP contribution >= 0.6 is 11.8 Å². The predicted octanol–water partition coefficient (Wildman–Crippen LogP) is 5.09. The van der Waals surface area contributed by atoms with Gasteiger partial charge in [-0.25, -0.2) is 9.97 Å². The van der Waals surface area contributed by atoms with Crippen LogP contribution in [0, 0.1) is 0 Å². The Labute approximate surface area is 310 Å². The number of amides is 4. The fraction of sp³-hybridized carbons (Fsp3) is 0.325. The smallest absolute Gasteiger partial charge is 0.262 e. The minimum absolute atomic E-state index is 0.0826. The summed E-state index contributed by atoms with van der Waals surface area (Å²) >= 11 is 1.84. The summed E-state index contributed by atoms with van der Waals surface area (Å²) in [6, 6.07) is 22.2. The van der Waals surface area contributed by atoms with Crippen molar-refractivity contribution in [2.45, 2.75) is 68.2 Å². The number of nitrogens with one attached hydrogen (secondary N) is 1. The Morgan fingerprint density at radius 1 is 0.925 bits per heavy atom. The standard InChI is InChI=1S/C40H37N5O7S/c1-23(46)35-41-18-16-26(42-35)21-51-28-9-4-24(5-10-28)39(2,3)25-6-11-29(12-7-25)52-22-33-40(53-33)17-19-44(40)27-8-13-30-31(20-27)38(50)45(37(30)49)32-14-15-34(47)43-36(32)48/h4-13,16,18,20,32-33H,14-15,17,19,21-22H2,1-3H3,(H,43,47,48)/t32?,33?,40-/m1/s1. The molecule has 3 fully saturated rings. The Balaban J connectivity index is 0.862. The molecule has 2 unspecified atom stereocenters. The maximum absolute atomic E-state index is 13.4. The van der Waals surface area contributed by atoms with E-state index in [-0.39, 0.29) is 57.7 Å². The molecule has 1 N–H and O–H groups in total. The van der Waals surface area contributed by atoms with E-state index in [0.29, 0.717) is 18.1 Å². The number of aromatic nitrogens is 2. The van der Waals surface area contributed by atoms with E-state index in [0.717, 1.165) is 40.4 Å². The van der Waals surface area contributed by atoms with E-state index in [2.05, 4.69) is 58.3 Å². The molecule has 12 nitrogen and oxygen atoms in total. The number of Topliss-reactive ketones (excluding diaryl/α,β-unsaturated/α-hetero) is 1. The lowest BCUT2D eigenvalue weighted by Crippen LogP contribution is -2.54. The number of hydrogen-bond donors (Lipinski definition) is 1. The number of nitrogens with zero attached hydrogens (tertiary/aromatic N) is 4. The highest BCUT2D eigenvalue weighted by atomic mass is 32.2. The van der Waals surface area contributed by atoms with Crippen LogP contribution in [0.5, 0.6) is 11.5 Å². The Bertz CT molecular complexity index is 2170. The zero-order valence-corrected chi connectivity index (χ0v) is 30.3. The SMILES string of the molecule is CC(=O)c1nccc(COc2ccc(C(C)(C)c3ccc(OCC4S[C@]45CCN5c4ccc5c(c4)C(=O)N(C4CCC(=O)NC4=O)C5=O)cc3)cc2)n1. The van der Waals surface area contributed by atoms with Crippen LogP contribution in [0.25, 0.3) is 0 Å². The van der Waals surface area contributed by atoms with Gasteiger partial charge in [0.15, 0.2) is 11.6 Å². The summed E-state index contributed by atoms with van der Waals surface area (Å²) in [7, 11) is 0. The molecule has 0 bridgehead atoms. The fourth-order valence-corrected chi connectivity index (χ4v) is 8.74. The summed E-state index contributed by atoms with van der Waals surface area (Å²) < 4.78 is 12.2. The van der Waals surface area contributed by atoms with Gasteiger partial charge in [-0.05, 0) is 72.5 Å². The fourth-order valence-electron chi connectivity index (χ4n) is 7.33. The number of hydrogen-bond acceptors (Lipinski definition) is 11. The van der Waals surface area contributed by atoms with Crippen molar-refractivity contribution in [3.63, 3.8) is 0 Å². The topological polar surface area (TPSA) is 148 Å². The molecule has 1 aromatic heterocycles. The molecule has 3 saturated heterocycles. The first kappa shape index (κ1) is 34.5. The molecule has 0 radical (unpaired) electrons. The van der Waals surface area contributed by atoms with Crippen LogP contribution in [0.3, 0.4) is 0 Å². The minimum Gasteiger partial charge on any atom is -0.492 e. The van der Waals surface area contributed by atoms with Crippen LogP contribution in [0.2, 0.25) is 0 Å². The van der Waals surface area contributed by atoms with Gasteiger partial charge >= 0.3 is 0 Å². The summed E-state index contributed by atoms with van der Waals surface area (Å²) in [6.07, 6.45) is 2.75. The van der Waals surface area contributed by atoms with E-state index in [9.17, 15) is 24.0 Å². The van der Waals surface area contributed by atoms with E-state index in [1.807, 2.05) is 42.1 Å². The Morgan fingerprint density at radius 2 is 1.60 bits per heavy atom. The number of carbonyl (C=O) groups is 5. The van der Waals surface area contributed by atoms with Gasteiger partial charge in [0, 0.05) is 37.2 Å². The number of ether oxygens (including phenoxy) is 2. The number of carbonyl (C=O) groups excluding carboxylic acids is 5. The third-order valence-electron chi connectivity index (χ3n) is 10.6. The number of rotatable bonds is 11. The van der Waals surface area contributed by atoms with Crippen molar-refractivity contribution < 1.29 is 33.4 Å². The first-order valence-electron chi connectivity index (χ1n) is 17.6. The largest absolute Gasteiger partial charge is 0.492 e. The van der Waals surface area contributed by atoms with E-state index < -0.39 is 29.7 Å². The maximum atomic E-state index is 13.4. The molecular formula is C40H37N5O7S. The highest BCUT2D eigenvalue weighted by Crippen LogP contribution is 2.64. The molecule has 4 aliphatic rings. The minimum atomic E-state index is -0.987. The van der Waals surface area contributed by atoms with Gasteiger partial charge in [-0.1, -0.05) is 38.1 Å². The molecule has 5 heterocycles. The zero-order chi connectivity index (χ0) is 37.1. The number of imide groups is 2. The van der Waals surface area contributed by atoms with Gasteiger partial charge in [0.1, 0.15) is 35.6 Å². The van der Waals surface area contributed by atoms with E-state index in [1.165, 1.54) is 6.92 Å². The van der Waals surface area contributed by atoms with Crippen LogP contribution in [-0.4, -0.2) is 73.6 Å². The number of ketones is 1. The second-order valence-corrected chi connectivity index (χ2v) is 15.7. The highest BCUT2D eigenvalue weighted by molar-refractivity contribution is 8.09. The zero-order valence-electron chi connectivity index (χ0n) is 29.5. The molecule has 4 aromatic rings. The predicted molar refractivity (Wildman–Crippen MR) is 196 cm³/mol. The van der Waals surface area contributed by atoms with Crippen LogP contribution in [0.1, 0.15) is 88.2 Å². The molecule has 3 atom stereocenters. The number of anilines is 1. The monoisotopic (exact) mass is 731 g/mol. The molecule has 53 heavy (non-hydrogen) atoms. The van der Waals surface area contributed by atoms with Gasteiger partial charge in [0.2, 0.25) is 11.8 Å². The summed E-state index contributed by atoms with van der Waals surface area (Å²) in [6.45, 7) is 7.37. The van der Waals surface area contributed by atoms with E-state index >= 15 is 0 Å². The molecule has 0 aliphatic carbocycles. The lowest BCUT2D eigenvalue weighted by Gasteiger charge is -2.43. The first-order chi connectivity index (χ1) is 25.4. The Hall–Kier alpha value is -5.56. The van der Waals surface area contributed by atoms with Crippen LogP contribution < -0.4 is 19.7 Å². The normalized spacial score (nSPS) is 22.0. The van der Waals surface area contributed by atoms with Gasteiger partial charge in [0.05, 0.1) is 22.1 Å². The molecule has 0 saturated carbocycles. The van der Waals surface area contributed by atoms with Crippen molar-refractivity contribution in [1.29, 1.82) is 0 Å². The van der Waals surface area contributed by atoms with Crippen molar-refractivity contribution in [2.75, 3.05) is 18.1 Å². The Kier molecular flexibility index (Phi) is 8.56. The number of piperidine rings is 1. The van der Waals surface area contributed by atoms with Crippen molar-refractivity contribution >= 4 is 46.9 Å². The molecule has 8 rings (SSSR count). The van der Waals surface area contributed by atoms with Crippen molar-refractivity contribution in [2.24, 2.45) is 0 Å². The highest BCUT2D eigenvalue weighted by Gasteiger charge is 2.65. The molecule has 4 amide bonds. The van der Waals surface area contributed by atoms with E-state index in [4.69, 9.17) is 9.47 Å². The van der Waals surface area contributed by atoms with Gasteiger partial charge in [0.25, 0.3) is 11.8 Å². The van der Waals surface area contributed by atoms with Crippen molar-refractivity contribution in [1.82, 2.24) is 20.2 Å². The molecule has 4 aliphatic heterocycles.